The molecular formula is C46H29NOS. The van der Waals surface area contributed by atoms with E-state index >= 15 is 0 Å². The van der Waals surface area contributed by atoms with Crippen molar-refractivity contribution in [2.45, 2.75) is 0 Å². The van der Waals surface area contributed by atoms with Crippen LogP contribution in [-0.2, 0) is 0 Å². The van der Waals surface area contributed by atoms with Gasteiger partial charge >= 0.3 is 0 Å². The van der Waals surface area contributed by atoms with Crippen LogP contribution >= 0.6 is 11.3 Å². The summed E-state index contributed by atoms with van der Waals surface area (Å²) in [6, 6.07) is 63.2. The van der Waals surface area contributed by atoms with Crippen molar-refractivity contribution in [3.63, 3.8) is 0 Å². The van der Waals surface area contributed by atoms with Crippen LogP contribution in [0.25, 0.3) is 75.1 Å². The van der Waals surface area contributed by atoms with Crippen molar-refractivity contribution in [3.05, 3.63) is 176 Å². The van der Waals surface area contributed by atoms with Crippen LogP contribution < -0.4 is 4.90 Å². The molecule has 0 spiro atoms. The summed E-state index contributed by atoms with van der Waals surface area (Å²) in [6.07, 6.45) is 0. The fraction of sp³-hybridized carbons (Fsp3) is 0. The van der Waals surface area contributed by atoms with Crippen LogP contribution in [0.2, 0.25) is 0 Å². The first-order valence-electron chi connectivity index (χ1n) is 16.6. The average molecular weight is 644 g/mol. The first kappa shape index (κ1) is 27.9. The number of hydrogen-bond donors (Lipinski definition) is 0. The van der Waals surface area contributed by atoms with Crippen molar-refractivity contribution in [2.75, 3.05) is 4.90 Å². The van der Waals surface area contributed by atoms with E-state index in [1.807, 2.05) is 17.4 Å². The third kappa shape index (κ3) is 4.47. The first-order chi connectivity index (χ1) is 24.3. The second-order valence-electron chi connectivity index (χ2n) is 12.5. The minimum Gasteiger partial charge on any atom is -0.456 e. The lowest BCUT2D eigenvalue weighted by molar-refractivity contribution is 0.669. The molecule has 2 aromatic heterocycles. The molecule has 0 aliphatic rings. The Morgan fingerprint density at radius 3 is 1.94 bits per heavy atom. The highest BCUT2D eigenvalue weighted by atomic mass is 32.1. The number of benzene rings is 8. The predicted molar refractivity (Wildman–Crippen MR) is 210 cm³/mol. The summed E-state index contributed by atoms with van der Waals surface area (Å²) in [7, 11) is 0. The van der Waals surface area contributed by atoms with Crippen LogP contribution in [0.4, 0.5) is 17.1 Å². The van der Waals surface area contributed by atoms with Gasteiger partial charge in [0.05, 0.1) is 16.8 Å². The molecule has 0 saturated carbocycles. The number of nitrogens with zero attached hydrogens (tertiary/aromatic N) is 1. The number of para-hydroxylation sites is 1. The van der Waals surface area contributed by atoms with Crippen molar-refractivity contribution in [3.8, 4) is 22.3 Å². The van der Waals surface area contributed by atoms with E-state index in [0.29, 0.717) is 0 Å². The maximum atomic E-state index is 6.43. The Morgan fingerprint density at radius 2 is 1.06 bits per heavy atom. The monoisotopic (exact) mass is 643 g/mol. The van der Waals surface area contributed by atoms with Crippen LogP contribution in [0.1, 0.15) is 0 Å². The molecule has 0 unspecified atom stereocenters. The van der Waals surface area contributed by atoms with Crippen molar-refractivity contribution < 1.29 is 4.42 Å². The quantitative estimate of drug-likeness (QED) is 0.186. The molecule has 10 aromatic rings. The molecule has 230 valence electrons. The molecule has 49 heavy (non-hydrogen) atoms. The zero-order valence-corrected chi connectivity index (χ0v) is 27.3. The predicted octanol–water partition coefficient (Wildman–Crippen LogP) is 13.9. The Hall–Kier alpha value is -6.16. The van der Waals surface area contributed by atoms with Crippen LogP contribution in [-0.4, -0.2) is 0 Å². The van der Waals surface area contributed by atoms with Gasteiger partial charge in [-0.2, -0.15) is 0 Å². The van der Waals surface area contributed by atoms with Gasteiger partial charge in [-0.25, -0.2) is 0 Å². The maximum absolute atomic E-state index is 6.43. The van der Waals surface area contributed by atoms with Crippen molar-refractivity contribution in [1.29, 1.82) is 0 Å². The summed E-state index contributed by atoms with van der Waals surface area (Å²) in [6.45, 7) is 0. The van der Waals surface area contributed by atoms with E-state index in [-0.39, 0.29) is 0 Å². The van der Waals surface area contributed by atoms with Gasteiger partial charge in [-0.1, -0.05) is 133 Å². The lowest BCUT2D eigenvalue weighted by Crippen LogP contribution is -2.11. The third-order valence-electron chi connectivity index (χ3n) is 9.68. The molecule has 10 rings (SSSR count). The largest absolute Gasteiger partial charge is 0.456 e. The van der Waals surface area contributed by atoms with E-state index in [1.54, 1.807) is 0 Å². The molecule has 0 fully saturated rings. The van der Waals surface area contributed by atoms with Crippen LogP contribution in [0.3, 0.4) is 0 Å². The Balaban J connectivity index is 1.26. The Labute approximate surface area is 287 Å². The van der Waals surface area contributed by atoms with Crippen molar-refractivity contribution in [2.24, 2.45) is 0 Å². The highest BCUT2D eigenvalue weighted by Gasteiger charge is 2.24. The van der Waals surface area contributed by atoms with Gasteiger partial charge in [0.15, 0.2) is 0 Å². The molecule has 2 heterocycles. The molecule has 0 aliphatic carbocycles. The summed E-state index contributed by atoms with van der Waals surface area (Å²) in [5.41, 5.74) is 9.98. The SMILES string of the molecule is c1ccc(-c2ccc(N(c3ccc(-c4cccc5ccccc45)cc3)c3cccc4oc5ccccc5c34)c3c2sc2ccccc23)cc1. The van der Waals surface area contributed by atoms with Gasteiger partial charge in [-0.3, -0.25) is 0 Å². The molecular weight excluding hydrogens is 615 g/mol. The maximum Gasteiger partial charge on any atom is 0.137 e. The number of thiophene rings is 1. The summed E-state index contributed by atoms with van der Waals surface area (Å²) in [5.74, 6) is 0. The Morgan fingerprint density at radius 1 is 0.408 bits per heavy atom. The normalized spacial score (nSPS) is 11.7. The van der Waals surface area contributed by atoms with Gasteiger partial charge in [0.1, 0.15) is 11.2 Å². The molecule has 0 bridgehead atoms. The smallest absolute Gasteiger partial charge is 0.137 e. The molecule has 8 aromatic carbocycles. The summed E-state index contributed by atoms with van der Waals surface area (Å²) >= 11 is 1.87. The summed E-state index contributed by atoms with van der Waals surface area (Å²) < 4.78 is 8.99. The minimum absolute atomic E-state index is 0.878. The van der Waals surface area contributed by atoms with E-state index in [0.717, 1.165) is 39.0 Å². The molecule has 0 amide bonds. The second kappa shape index (κ2) is 11.2. The fourth-order valence-electron chi connectivity index (χ4n) is 7.46. The standard InChI is InChI=1S/C46H29NOS/c1-2-12-31(13-3-1)36-28-29-40(45-38-18-7-9-23-43(38)49-46(36)45)47(39-20-11-22-42-44(39)37-17-6-8-21-41(37)48-42)33-26-24-32(25-27-33)35-19-10-15-30-14-4-5-16-34(30)35/h1-29H. The van der Waals surface area contributed by atoms with E-state index in [9.17, 15) is 0 Å². The number of fused-ring (bicyclic) bond motifs is 7. The lowest BCUT2D eigenvalue weighted by atomic mass is 9.97. The topological polar surface area (TPSA) is 16.4 Å². The molecule has 2 nitrogen and oxygen atoms in total. The van der Waals surface area contributed by atoms with Gasteiger partial charge in [0.2, 0.25) is 0 Å². The van der Waals surface area contributed by atoms with Crippen LogP contribution in [0, 0.1) is 0 Å². The Bertz CT molecular complexity index is 2820. The number of rotatable bonds is 5. The highest BCUT2D eigenvalue weighted by molar-refractivity contribution is 7.26. The van der Waals surface area contributed by atoms with Gasteiger partial charge in [-0.15, -0.1) is 11.3 Å². The number of furan rings is 1. The van der Waals surface area contributed by atoms with E-state index in [2.05, 4.69) is 175 Å². The molecule has 0 aliphatic heterocycles. The van der Waals surface area contributed by atoms with Crippen LogP contribution in [0.15, 0.2) is 180 Å². The first-order valence-corrected chi connectivity index (χ1v) is 17.4. The molecule has 0 atom stereocenters. The van der Waals surface area contributed by atoms with Crippen LogP contribution in [0.5, 0.6) is 0 Å². The van der Waals surface area contributed by atoms with Crippen molar-refractivity contribution >= 4 is 81.3 Å². The van der Waals surface area contributed by atoms with E-state index in [4.69, 9.17) is 4.42 Å². The third-order valence-corrected chi connectivity index (χ3v) is 10.9. The average Bonchev–Trinajstić information content (AvgIpc) is 3.75. The molecule has 3 heteroatoms. The van der Waals surface area contributed by atoms with Gasteiger partial charge in [0, 0.05) is 31.2 Å². The van der Waals surface area contributed by atoms with Gasteiger partial charge in [-0.05, 0) is 75.5 Å². The fourth-order valence-corrected chi connectivity index (χ4v) is 8.72. The molecule has 0 saturated heterocycles. The van der Waals surface area contributed by atoms with Gasteiger partial charge < -0.3 is 9.32 Å². The molecule has 0 N–H and O–H groups in total. The van der Waals surface area contributed by atoms with E-state index in [1.165, 1.54) is 53.2 Å². The molecule has 0 radical (unpaired) electrons. The number of anilines is 3. The van der Waals surface area contributed by atoms with E-state index < -0.39 is 0 Å². The lowest BCUT2D eigenvalue weighted by Gasteiger charge is -2.28. The minimum atomic E-state index is 0.878. The Kier molecular flexibility index (Phi) is 6.39. The number of hydrogen-bond acceptors (Lipinski definition) is 3. The van der Waals surface area contributed by atoms with Gasteiger partial charge in [0.25, 0.3) is 0 Å². The highest BCUT2D eigenvalue weighted by Crippen LogP contribution is 2.50. The van der Waals surface area contributed by atoms with Crippen molar-refractivity contribution in [1.82, 2.24) is 0 Å². The zero-order chi connectivity index (χ0) is 32.3. The summed E-state index contributed by atoms with van der Waals surface area (Å²) in [5, 5.41) is 7.23. The second-order valence-corrected chi connectivity index (χ2v) is 13.5. The summed E-state index contributed by atoms with van der Waals surface area (Å²) in [4.78, 5) is 2.44. The zero-order valence-electron chi connectivity index (χ0n) is 26.5.